The first kappa shape index (κ1) is 12.8. The van der Waals surface area contributed by atoms with Gasteiger partial charge in [-0.3, -0.25) is 9.59 Å². The van der Waals surface area contributed by atoms with Gasteiger partial charge in [-0.25, -0.2) is 0 Å². The minimum absolute atomic E-state index is 0.232. The van der Waals surface area contributed by atoms with E-state index in [1.165, 1.54) is 0 Å². The maximum Gasteiger partial charge on any atom is 0.308 e. The van der Waals surface area contributed by atoms with Gasteiger partial charge < -0.3 is 15.2 Å². The van der Waals surface area contributed by atoms with Crippen LogP contribution in [0.25, 0.3) is 0 Å². The Balaban J connectivity index is 2.30. The molecule has 0 spiro atoms. The molecule has 3 N–H and O–H groups in total. The summed E-state index contributed by atoms with van der Waals surface area (Å²) in [4.78, 5) is 28.5. The van der Waals surface area contributed by atoms with Crippen LogP contribution >= 0.6 is 0 Å². The third-order valence-electron chi connectivity index (χ3n) is 2.59. The summed E-state index contributed by atoms with van der Waals surface area (Å²) in [7, 11) is 0. The molecule has 0 aliphatic carbocycles. The zero-order chi connectivity index (χ0) is 13.8. The SMILES string of the molecule is O=C(O)Cc1c(O)nc(Cc2ccccc2)[nH]c1=O. The maximum absolute atomic E-state index is 11.7. The Morgan fingerprint density at radius 2 is 1.95 bits per heavy atom. The van der Waals surface area contributed by atoms with Crippen molar-refractivity contribution < 1.29 is 15.0 Å². The minimum Gasteiger partial charge on any atom is -0.493 e. The summed E-state index contributed by atoms with van der Waals surface area (Å²) in [5.74, 6) is -1.43. The number of nitrogens with zero attached hydrogens (tertiary/aromatic N) is 1. The quantitative estimate of drug-likeness (QED) is 0.750. The summed E-state index contributed by atoms with van der Waals surface area (Å²) in [6.45, 7) is 0. The summed E-state index contributed by atoms with van der Waals surface area (Å²) in [5, 5.41) is 18.2. The number of carbonyl (C=O) groups is 1. The van der Waals surface area contributed by atoms with E-state index in [9.17, 15) is 14.7 Å². The van der Waals surface area contributed by atoms with Crippen LogP contribution in [0.4, 0.5) is 0 Å². The molecule has 1 aromatic heterocycles. The molecule has 0 amide bonds. The van der Waals surface area contributed by atoms with Crippen LogP contribution in [0.1, 0.15) is 17.0 Å². The summed E-state index contributed by atoms with van der Waals surface area (Å²) in [6, 6.07) is 9.30. The fourth-order valence-corrected chi connectivity index (χ4v) is 1.71. The second-order valence-corrected chi connectivity index (χ2v) is 4.05. The lowest BCUT2D eigenvalue weighted by Gasteiger charge is -2.04. The molecule has 19 heavy (non-hydrogen) atoms. The normalized spacial score (nSPS) is 10.3. The number of rotatable bonds is 4. The van der Waals surface area contributed by atoms with Crippen LogP contribution < -0.4 is 5.56 Å². The van der Waals surface area contributed by atoms with Gasteiger partial charge in [0.25, 0.3) is 5.56 Å². The number of hydrogen-bond acceptors (Lipinski definition) is 4. The predicted molar refractivity (Wildman–Crippen MR) is 67.1 cm³/mol. The van der Waals surface area contributed by atoms with Crippen molar-refractivity contribution in [2.75, 3.05) is 0 Å². The van der Waals surface area contributed by atoms with Gasteiger partial charge in [0.05, 0.1) is 12.0 Å². The average molecular weight is 260 g/mol. The molecule has 0 aliphatic heterocycles. The van der Waals surface area contributed by atoms with Crippen molar-refractivity contribution in [1.82, 2.24) is 9.97 Å². The highest BCUT2D eigenvalue weighted by atomic mass is 16.4. The van der Waals surface area contributed by atoms with Gasteiger partial charge in [0, 0.05) is 6.42 Å². The second-order valence-electron chi connectivity index (χ2n) is 4.05. The highest BCUT2D eigenvalue weighted by molar-refractivity contribution is 5.70. The van der Waals surface area contributed by atoms with E-state index in [0.717, 1.165) is 5.56 Å². The van der Waals surface area contributed by atoms with Gasteiger partial charge in [-0.15, -0.1) is 0 Å². The van der Waals surface area contributed by atoms with Crippen LogP contribution in [0.15, 0.2) is 35.1 Å². The Kier molecular flexibility index (Phi) is 3.61. The number of hydrogen-bond donors (Lipinski definition) is 3. The standard InChI is InChI=1S/C13H12N2O4/c16-11(17)7-9-12(18)14-10(15-13(9)19)6-8-4-2-1-3-5-8/h1-5H,6-7H2,(H,16,17)(H2,14,15,18,19). The molecule has 6 heteroatoms. The zero-order valence-electron chi connectivity index (χ0n) is 9.96. The number of benzene rings is 1. The molecule has 0 aliphatic rings. The molecule has 0 saturated heterocycles. The molecule has 1 heterocycles. The smallest absolute Gasteiger partial charge is 0.308 e. The summed E-state index contributed by atoms with van der Waals surface area (Å²) in [5.41, 5.74) is 0.0705. The van der Waals surface area contributed by atoms with E-state index in [-0.39, 0.29) is 5.56 Å². The second kappa shape index (κ2) is 5.34. The minimum atomic E-state index is -1.20. The fourth-order valence-electron chi connectivity index (χ4n) is 1.71. The van der Waals surface area contributed by atoms with Crippen LogP contribution in [0, 0.1) is 0 Å². The number of aliphatic carboxylic acids is 1. The molecule has 0 fully saturated rings. The topological polar surface area (TPSA) is 103 Å². The third kappa shape index (κ3) is 3.19. The van der Waals surface area contributed by atoms with Crippen LogP contribution in [0.5, 0.6) is 5.88 Å². The lowest BCUT2D eigenvalue weighted by atomic mass is 10.1. The number of aromatic nitrogens is 2. The highest BCUT2D eigenvalue weighted by Gasteiger charge is 2.14. The van der Waals surface area contributed by atoms with Crippen LogP contribution in [-0.4, -0.2) is 26.2 Å². The number of aromatic hydroxyl groups is 1. The van der Waals surface area contributed by atoms with Crippen molar-refractivity contribution in [3.63, 3.8) is 0 Å². The number of aromatic amines is 1. The van der Waals surface area contributed by atoms with Gasteiger partial charge in [0.1, 0.15) is 5.82 Å². The lowest BCUT2D eigenvalue weighted by molar-refractivity contribution is -0.136. The molecular weight excluding hydrogens is 248 g/mol. The Labute approximate surface area is 108 Å². The van der Waals surface area contributed by atoms with Crippen molar-refractivity contribution in [3.8, 4) is 5.88 Å². The maximum atomic E-state index is 11.7. The van der Waals surface area contributed by atoms with Crippen molar-refractivity contribution in [3.05, 3.63) is 57.6 Å². The van der Waals surface area contributed by atoms with E-state index in [4.69, 9.17) is 5.11 Å². The van der Waals surface area contributed by atoms with Crippen molar-refractivity contribution in [2.45, 2.75) is 12.8 Å². The first-order valence-corrected chi connectivity index (χ1v) is 5.63. The molecule has 2 rings (SSSR count). The Morgan fingerprint density at radius 1 is 1.26 bits per heavy atom. The lowest BCUT2D eigenvalue weighted by Crippen LogP contribution is -2.19. The van der Waals surface area contributed by atoms with E-state index in [2.05, 4.69) is 9.97 Å². The van der Waals surface area contributed by atoms with Crippen molar-refractivity contribution >= 4 is 5.97 Å². The van der Waals surface area contributed by atoms with Gasteiger partial charge in [-0.1, -0.05) is 30.3 Å². The molecule has 0 radical (unpaired) electrons. The third-order valence-corrected chi connectivity index (χ3v) is 2.59. The monoisotopic (exact) mass is 260 g/mol. The van der Waals surface area contributed by atoms with Gasteiger partial charge in [-0.2, -0.15) is 4.98 Å². The van der Waals surface area contributed by atoms with E-state index < -0.39 is 23.8 Å². The molecule has 0 atom stereocenters. The molecular formula is C13H12N2O4. The summed E-state index contributed by atoms with van der Waals surface area (Å²) < 4.78 is 0. The summed E-state index contributed by atoms with van der Waals surface area (Å²) >= 11 is 0. The molecule has 0 saturated carbocycles. The molecule has 0 unspecified atom stereocenters. The predicted octanol–water partition coefficient (Wildman–Crippen LogP) is 0.693. The Hall–Kier alpha value is -2.63. The first-order valence-electron chi connectivity index (χ1n) is 5.63. The van der Waals surface area contributed by atoms with Crippen LogP contribution in [-0.2, 0) is 17.6 Å². The number of carboxylic acid groups (broad SMARTS) is 1. The number of nitrogens with one attached hydrogen (secondary N) is 1. The number of carboxylic acids is 1. The highest BCUT2D eigenvalue weighted by Crippen LogP contribution is 2.11. The van der Waals surface area contributed by atoms with Gasteiger partial charge in [-0.05, 0) is 5.56 Å². The van der Waals surface area contributed by atoms with Gasteiger partial charge >= 0.3 is 5.97 Å². The molecule has 98 valence electrons. The Morgan fingerprint density at radius 3 is 2.53 bits per heavy atom. The van der Waals surface area contributed by atoms with Crippen molar-refractivity contribution in [1.29, 1.82) is 0 Å². The summed E-state index contributed by atoms with van der Waals surface area (Å²) in [6.07, 6.45) is -0.198. The van der Waals surface area contributed by atoms with Crippen molar-refractivity contribution in [2.24, 2.45) is 0 Å². The first-order chi connectivity index (χ1) is 9.06. The van der Waals surface area contributed by atoms with Crippen LogP contribution in [0.2, 0.25) is 0 Å². The molecule has 6 nitrogen and oxygen atoms in total. The average Bonchev–Trinajstić information content (AvgIpc) is 2.35. The molecule has 2 aromatic rings. The van der Waals surface area contributed by atoms with E-state index in [0.29, 0.717) is 12.2 Å². The number of H-pyrrole nitrogens is 1. The molecule has 1 aromatic carbocycles. The fraction of sp³-hybridized carbons (Fsp3) is 0.154. The van der Waals surface area contributed by atoms with Gasteiger partial charge in [0.2, 0.25) is 5.88 Å². The van der Waals surface area contributed by atoms with Gasteiger partial charge in [0.15, 0.2) is 0 Å². The Bertz CT molecular complexity index is 649. The zero-order valence-corrected chi connectivity index (χ0v) is 9.96. The van der Waals surface area contributed by atoms with Crippen LogP contribution in [0.3, 0.4) is 0 Å². The molecule has 0 bridgehead atoms. The van der Waals surface area contributed by atoms with E-state index >= 15 is 0 Å². The largest absolute Gasteiger partial charge is 0.493 e. The van der Waals surface area contributed by atoms with E-state index in [1.807, 2.05) is 30.3 Å². The van der Waals surface area contributed by atoms with E-state index in [1.54, 1.807) is 0 Å².